The molecule has 1 amide bonds. The monoisotopic (exact) mass is 287 g/mol. The van der Waals surface area contributed by atoms with Gasteiger partial charge in [0.2, 0.25) is 5.91 Å². The Kier molecular flexibility index (Phi) is 5.26. The molecule has 0 aliphatic rings. The highest BCUT2D eigenvalue weighted by Crippen LogP contribution is 2.27. The summed E-state index contributed by atoms with van der Waals surface area (Å²) in [5.74, 6) is 4.17. The predicted octanol–water partition coefficient (Wildman–Crippen LogP) is 2.17. The van der Waals surface area contributed by atoms with Gasteiger partial charge < -0.3 is 15.2 Å². The van der Waals surface area contributed by atoms with Crippen molar-refractivity contribution >= 4 is 5.91 Å². The minimum absolute atomic E-state index is 0.178. The second-order valence-electron chi connectivity index (χ2n) is 3.76. The standard InChI is InChI=1S/C13H12F3NO3/c1-9(18)17-7-3-2-4-10-5-6-11(8-12(10)19)20-13(14,15)16/h5-6,8,19H,3,7H2,1H3,(H,17,18). The fraction of sp³-hybridized carbons (Fsp3) is 0.308. The van der Waals surface area contributed by atoms with Crippen LogP contribution in [-0.2, 0) is 4.79 Å². The first-order valence-corrected chi connectivity index (χ1v) is 5.60. The zero-order valence-electron chi connectivity index (χ0n) is 10.5. The lowest BCUT2D eigenvalue weighted by molar-refractivity contribution is -0.274. The number of amides is 1. The van der Waals surface area contributed by atoms with Crippen LogP contribution in [0.4, 0.5) is 13.2 Å². The minimum atomic E-state index is -4.81. The number of hydrogen-bond acceptors (Lipinski definition) is 3. The van der Waals surface area contributed by atoms with Crippen LogP contribution in [0, 0.1) is 11.8 Å². The molecule has 1 aromatic carbocycles. The molecule has 20 heavy (non-hydrogen) atoms. The summed E-state index contributed by atoms with van der Waals surface area (Å²) in [6.45, 7) is 1.73. The van der Waals surface area contributed by atoms with Gasteiger partial charge in [-0.2, -0.15) is 0 Å². The molecule has 0 atom stereocenters. The van der Waals surface area contributed by atoms with E-state index in [-0.39, 0.29) is 11.5 Å². The summed E-state index contributed by atoms with van der Waals surface area (Å²) in [6.07, 6.45) is -4.45. The Morgan fingerprint density at radius 2 is 2.15 bits per heavy atom. The second-order valence-corrected chi connectivity index (χ2v) is 3.76. The third-order valence-electron chi connectivity index (χ3n) is 2.05. The highest BCUT2D eigenvalue weighted by molar-refractivity contribution is 5.72. The Balaban J connectivity index is 2.65. The van der Waals surface area contributed by atoms with Gasteiger partial charge in [0.1, 0.15) is 11.5 Å². The lowest BCUT2D eigenvalue weighted by Gasteiger charge is -2.09. The van der Waals surface area contributed by atoms with Crippen molar-refractivity contribution in [2.24, 2.45) is 0 Å². The molecular weight excluding hydrogens is 275 g/mol. The second kappa shape index (κ2) is 6.70. The van der Waals surface area contributed by atoms with Gasteiger partial charge in [0, 0.05) is 26.0 Å². The fourth-order valence-electron chi connectivity index (χ4n) is 1.27. The van der Waals surface area contributed by atoms with Gasteiger partial charge in [-0.05, 0) is 12.1 Å². The lowest BCUT2D eigenvalue weighted by Crippen LogP contribution is -2.20. The SMILES string of the molecule is CC(=O)NCCC#Cc1ccc(OC(F)(F)F)cc1O. The average Bonchev–Trinajstić information content (AvgIpc) is 2.28. The van der Waals surface area contributed by atoms with E-state index in [1.165, 1.54) is 13.0 Å². The predicted molar refractivity (Wildman–Crippen MR) is 65.0 cm³/mol. The van der Waals surface area contributed by atoms with E-state index >= 15 is 0 Å². The van der Waals surface area contributed by atoms with Crippen LogP contribution in [0.2, 0.25) is 0 Å². The molecule has 108 valence electrons. The minimum Gasteiger partial charge on any atom is -0.507 e. The first-order valence-electron chi connectivity index (χ1n) is 5.60. The summed E-state index contributed by atoms with van der Waals surface area (Å²) in [4.78, 5) is 10.6. The number of halogens is 3. The molecule has 0 unspecified atom stereocenters. The largest absolute Gasteiger partial charge is 0.573 e. The third-order valence-corrected chi connectivity index (χ3v) is 2.05. The van der Waals surface area contributed by atoms with Gasteiger partial charge in [-0.3, -0.25) is 4.79 Å². The number of alkyl halides is 3. The van der Waals surface area contributed by atoms with Gasteiger partial charge in [-0.1, -0.05) is 11.8 Å². The molecule has 1 rings (SSSR count). The van der Waals surface area contributed by atoms with Crippen LogP contribution in [0.5, 0.6) is 11.5 Å². The third kappa shape index (κ3) is 6.00. The molecule has 1 aromatic rings. The average molecular weight is 287 g/mol. The van der Waals surface area contributed by atoms with Crippen molar-refractivity contribution in [3.63, 3.8) is 0 Å². The number of hydrogen-bond donors (Lipinski definition) is 2. The Bertz CT molecular complexity index is 544. The van der Waals surface area contributed by atoms with E-state index in [2.05, 4.69) is 21.9 Å². The van der Waals surface area contributed by atoms with Gasteiger partial charge >= 0.3 is 6.36 Å². The maximum Gasteiger partial charge on any atom is 0.573 e. The number of carbonyl (C=O) groups excluding carboxylic acids is 1. The number of ether oxygens (including phenoxy) is 1. The zero-order chi connectivity index (χ0) is 15.2. The smallest absolute Gasteiger partial charge is 0.507 e. The van der Waals surface area contributed by atoms with Gasteiger partial charge in [-0.25, -0.2) is 0 Å². The molecule has 0 saturated carbocycles. The normalized spacial score (nSPS) is 10.4. The summed E-state index contributed by atoms with van der Waals surface area (Å²) >= 11 is 0. The molecule has 0 aromatic heterocycles. The molecule has 7 heteroatoms. The number of carbonyl (C=O) groups is 1. The molecule has 0 saturated heterocycles. The number of aromatic hydroxyl groups is 1. The molecular formula is C13H12F3NO3. The van der Waals surface area contributed by atoms with E-state index in [0.717, 1.165) is 12.1 Å². The molecule has 4 nitrogen and oxygen atoms in total. The summed E-state index contributed by atoms with van der Waals surface area (Å²) < 4.78 is 39.5. The molecule has 0 fully saturated rings. The Hall–Kier alpha value is -2.36. The van der Waals surface area contributed by atoms with Crippen molar-refractivity contribution in [2.75, 3.05) is 6.54 Å². The molecule has 2 N–H and O–H groups in total. The van der Waals surface area contributed by atoms with Gasteiger partial charge in [-0.15, -0.1) is 13.2 Å². The molecule has 0 bridgehead atoms. The highest BCUT2D eigenvalue weighted by atomic mass is 19.4. The van der Waals surface area contributed by atoms with Gasteiger partial charge in [0.05, 0.1) is 5.56 Å². The first-order chi connectivity index (χ1) is 9.28. The molecule has 0 heterocycles. The van der Waals surface area contributed by atoms with Crippen LogP contribution in [0.15, 0.2) is 18.2 Å². The summed E-state index contributed by atoms with van der Waals surface area (Å²) in [7, 11) is 0. The number of phenols is 1. The van der Waals surface area contributed by atoms with E-state index < -0.39 is 17.9 Å². The maximum absolute atomic E-state index is 12.0. The number of benzene rings is 1. The number of phenolic OH excluding ortho intramolecular Hbond substituents is 1. The molecule has 0 spiro atoms. The van der Waals surface area contributed by atoms with Crippen LogP contribution in [0.3, 0.4) is 0 Å². The number of rotatable bonds is 3. The summed E-state index contributed by atoms with van der Waals surface area (Å²) in [6, 6.07) is 3.12. The molecule has 0 aliphatic heterocycles. The van der Waals surface area contributed by atoms with E-state index in [4.69, 9.17) is 0 Å². The van der Waals surface area contributed by atoms with Crippen molar-refractivity contribution in [3.8, 4) is 23.3 Å². The molecule has 0 aliphatic carbocycles. The quantitative estimate of drug-likeness (QED) is 0.661. The first kappa shape index (κ1) is 15.7. The van der Waals surface area contributed by atoms with Crippen LogP contribution >= 0.6 is 0 Å². The maximum atomic E-state index is 12.0. The van der Waals surface area contributed by atoms with Crippen LogP contribution in [-0.4, -0.2) is 23.9 Å². The van der Waals surface area contributed by atoms with E-state index in [0.29, 0.717) is 13.0 Å². The van der Waals surface area contributed by atoms with E-state index in [9.17, 15) is 23.1 Å². The topological polar surface area (TPSA) is 58.6 Å². The van der Waals surface area contributed by atoms with Crippen molar-refractivity contribution in [2.45, 2.75) is 19.7 Å². The summed E-state index contributed by atoms with van der Waals surface area (Å²) in [5, 5.41) is 12.0. The van der Waals surface area contributed by atoms with E-state index in [1.54, 1.807) is 0 Å². The Morgan fingerprint density at radius 1 is 1.45 bits per heavy atom. The Labute approximate surface area is 113 Å². The molecule has 0 radical (unpaired) electrons. The van der Waals surface area contributed by atoms with Crippen LogP contribution in [0.1, 0.15) is 18.9 Å². The van der Waals surface area contributed by atoms with Crippen LogP contribution < -0.4 is 10.1 Å². The van der Waals surface area contributed by atoms with Crippen LogP contribution in [0.25, 0.3) is 0 Å². The highest BCUT2D eigenvalue weighted by Gasteiger charge is 2.31. The fourth-order valence-corrected chi connectivity index (χ4v) is 1.27. The van der Waals surface area contributed by atoms with E-state index in [1.807, 2.05) is 0 Å². The Morgan fingerprint density at radius 3 is 2.70 bits per heavy atom. The van der Waals surface area contributed by atoms with Crippen molar-refractivity contribution < 1.29 is 27.8 Å². The van der Waals surface area contributed by atoms with Crippen molar-refractivity contribution in [1.29, 1.82) is 0 Å². The number of nitrogens with one attached hydrogen (secondary N) is 1. The lowest BCUT2D eigenvalue weighted by atomic mass is 10.2. The van der Waals surface area contributed by atoms with Gasteiger partial charge in [0.15, 0.2) is 0 Å². The van der Waals surface area contributed by atoms with Gasteiger partial charge in [0.25, 0.3) is 0 Å². The zero-order valence-corrected chi connectivity index (χ0v) is 10.5. The van der Waals surface area contributed by atoms with Crippen molar-refractivity contribution in [1.82, 2.24) is 5.32 Å². The van der Waals surface area contributed by atoms with Crippen molar-refractivity contribution in [3.05, 3.63) is 23.8 Å². The summed E-state index contributed by atoms with van der Waals surface area (Å²) in [5.41, 5.74) is 0.183.